The highest BCUT2D eigenvalue weighted by molar-refractivity contribution is 8.00. The first kappa shape index (κ1) is 15.7. The fourth-order valence-corrected chi connectivity index (χ4v) is 9.57. The minimum absolute atomic E-state index is 0.249. The van der Waals surface area contributed by atoms with E-state index in [1.807, 2.05) is 13.0 Å². The molecule has 2 nitrogen and oxygen atoms in total. The lowest BCUT2D eigenvalue weighted by atomic mass is 9.46. The molecule has 0 aromatic carbocycles. The van der Waals surface area contributed by atoms with Gasteiger partial charge in [-0.15, -0.1) is 0 Å². The van der Waals surface area contributed by atoms with Crippen LogP contribution >= 0.6 is 11.8 Å². The summed E-state index contributed by atoms with van der Waals surface area (Å²) in [4.78, 5) is 24.2. The van der Waals surface area contributed by atoms with Crippen molar-refractivity contribution in [2.75, 3.05) is 5.75 Å². The largest absolute Gasteiger partial charge is 0.300 e. The molecule has 3 heteroatoms. The normalized spacial score (nSPS) is 52.3. The fourth-order valence-electron chi connectivity index (χ4n) is 7.71. The number of carbonyl (C=O) groups excluding carboxylic acids is 2. The van der Waals surface area contributed by atoms with E-state index in [9.17, 15) is 9.59 Å². The van der Waals surface area contributed by atoms with E-state index in [1.54, 1.807) is 0 Å². The van der Waals surface area contributed by atoms with E-state index in [2.05, 4.69) is 18.7 Å². The average molecular weight is 345 g/mol. The van der Waals surface area contributed by atoms with Gasteiger partial charge >= 0.3 is 0 Å². The lowest BCUT2D eigenvalue weighted by Crippen LogP contribution is -2.52. The Morgan fingerprint density at radius 3 is 2.83 bits per heavy atom. The van der Waals surface area contributed by atoms with E-state index < -0.39 is 0 Å². The molecule has 0 aromatic heterocycles. The zero-order valence-corrected chi connectivity index (χ0v) is 15.7. The van der Waals surface area contributed by atoms with Crippen LogP contribution in [0.3, 0.4) is 0 Å². The van der Waals surface area contributed by atoms with Crippen LogP contribution in [0.2, 0.25) is 0 Å². The third-order valence-corrected chi connectivity index (χ3v) is 10.3. The quantitative estimate of drug-likeness (QED) is 0.706. The van der Waals surface area contributed by atoms with Crippen LogP contribution in [-0.4, -0.2) is 22.6 Å². The Bertz CT molecular complexity index is 652. The predicted octanol–water partition coefficient (Wildman–Crippen LogP) is 4.43. The van der Waals surface area contributed by atoms with Gasteiger partial charge in [-0.3, -0.25) is 9.59 Å². The van der Waals surface area contributed by atoms with Crippen molar-refractivity contribution in [3.8, 4) is 0 Å². The monoisotopic (exact) mass is 344 g/mol. The van der Waals surface area contributed by atoms with Crippen LogP contribution in [0.4, 0.5) is 0 Å². The second kappa shape index (κ2) is 4.99. The number of ketones is 2. The van der Waals surface area contributed by atoms with Crippen molar-refractivity contribution in [1.29, 1.82) is 0 Å². The molecule has 1 unspecified atom stereocenters. The molecule has 5 rings (SSSR count). The highest BCUT2D eigenvalue weighted by atomic mass is 32.2. The smallest absolute Gasteiger partial charge is 0.155 e. The first-order valence-corrected chi connectivity index (χ1v) is 10.9. The molecule has 2 bridgehead atoms. The molecule has 0 N–H and O–H groups in total. The molecule has 7 atom stereocenters. The van der Waals surface area contributed by atoms with E-state index in [0.717, 1.165) is 37.0 Å². The summed E-state index contributed by atoms with van der Waals surface area (Å²) >= 11 is 2.13. The molecule has 1 saturated heterocycles. The summed E-state index contributed by atoms with van der Waals surface area (Å²) in [6.45, 7) is 4.24. The van der Waals surface area contributed by atoms with Gasteiger partial charge in [-0.05, 0) is 80.3 Å². The van der Waals surface area contributed by atoms with Crippen LogP contribution in [0.25, 0.3) is 0 Å². The Kier molecular flexibility index (Phi) is 3.26. The molecule has 5 aliphatic rings. The summed E-state index contributed by atoms with van der Waals surface area (Å²) in [5.74, 6) is 4.64. The number of hydrogen-bond acceptors (Lipinski definition) is 3. The maximum Gasteiger partial charge on any atom is 0.155 e. The van der Waals surface area contributed by atoms with Crippen LogP contribution in [0, 0.1) is 34.5 Å². The number of fused-ring (bicyclic) bond motifs is 3. The molecule has 4 fully saturated rings. The number of rotatable bonds is 1. The third-order valence-electron chi connectivity index (χ3n) is 8.72. The predicted molar refractivity (Wildman–Crippen MR) is 96.8 cm³/mol. The van der Waals surface area contributed by atoms with Crippen molar-refractivity contribution in [3.63, 3.8) is 0 Å². The molecule has 3 saturated carbocycles. The topological polar surface area (TPSA) is 34.1 Å². The molecule has 1 aliphatic heterocycles. The minimum atomic E-state index is 0.249. The van der Waals surface area contributed by atoms with E-state index in [-0.39, 0.29) is 5.41 Å². The first-order valence-electron chi connectivity index (χ1n) is 9.83. The van der Waals surface area contributed by atoms with Crippen LogP contribution in [0.15, 0.2) is 11.6 Å². The summed E-state index contributed by atoms with van der Waals surface area (Å²) in [5.41, 5.74) is 2.11. The van der Waals surface area contributed by atoms with Crippen molar-refractivity contribution < 1.29 is 9.59 Å². The molecule has 0 amide bonds. The Balaban J connectivity index is 1.54. The SMILES string of the molecule is CC(=O)[C@H]1CC[C@H]2[C@@H]3CC4SC[C@@]5(CCC(=O)C=C45)[C@H]3CC[C@]12C. The molecule has 130 valence electrons. The summed E-state index contributed by atoms with van der Waals surface area (Å²) in [6, 6.07) is 0. The van der Waals surface area contributed by atoms with Crippen molar-refractivity contribution in [3.05, 3.63) is 11.6 Å². The van der Waals surface area contributed by atoms with Gasteiger partial charge in [-0.25, -0.2) is 0 Å². The fraction of sp³-hybridized carbons (Fsp3) is 0.810. The van der Waals surface area contributed by atoms with Gasteiger partial charge in [0.2, 0.25) is 0 Å². The van der Waals surface area contributed by atoms with Gasteiger partial charge in [0.05, 0.1) is 0 Å². The van der Waals surface area contributed by atoms with Gasteiger partial charge < -0.3 is 0 Å². The standard InChI is InChI=1S/C21H28O2S/c1-12(22)15-3-4-16-14-10-19-18-9-13(23)5-8-21(18,11-24-19)17(14)6-7-20(15,16)2/h9,14-17,19H,3-8,10-11H2,1-2H3/t14-,15+,16-,17-,19?,20+,21-/m0/s1. The lowest BCUT2D eigenvalue weighted by Gasteiger charge is -2.57. The summed E-state index contributed by atoms with van der Waals surface area (Å²) in [6.07, 6.45) is 10.0. The van der Waals surface area contributed by atoms with E-state index in [0.29, 0.717) is 28.1 Å². The molecular formula is C21H28O2S. The molecule has 0 radical (unpaired) electrons. The minimum Gasteiger partial charge on any atom is -0.300 e. The van der Waals surface area contributed by atoms with Gasteiger partial charge in [0.1, 0.15) is 5.78 Å². The van der Waals surface area contributed by atoms with Gasteiger partial charge in [0.25, 0.3) is 0 Å². The summed E-state index contributed by atoms with van der Waals surface area (Å²) < 4.78 is 0. The Hall–Kier alpha value is -0.570. The second-order valence-corrected chi connectivity index (χ2v) is 10.6. The Morgan fingerprint density at radius 1 is 1.21 bits per heavy atom. The van der Waals surface area contributed by atoms with Gasteiger partial charge in [-0.2, -0.15) is 11.8 Å². The molecule has 0 aromatic rings. The van der Waals surface area contributed by atoms with E-state index >= 15 is 0 Å². The zero-order valence-electron chi connectivity index (χ0n) is 14.8. The number of Topliss-reactive ketones (excluding diaryl/α,β-unsaturated/α-hetero) is 1. The van der Waals surface area contributed by atoms with Crippen molar-refractivity contribution >= 4 is 23.3 Å². The highest BCUT2D eigenvalue weighted by Gasteiger charge is 2.64. The Labute approximate surface area is 149 Å². The van der Waals surface area contributed by atoms with E-state index in [4.69, 9.17) is 0 Å². The van der Waals surface area contributed by atoms with E-state index in [1.165, 1.54) is 37.0 Å². The molecule has 1 heterocycles. The van der Waals surface area contributed by atoms with Crippen molar-refractivity contribution in [2.24, 2.45) is 34.5 Å². The molecule has 4 aliphatic carbocycles. The van der Waals surface area contributed by atoms with Gasteiger partial charge in [0.15, 0.2) is 5.78 Å². The van der Waals surface area contributed by atoms with Crippen LogP contribution in [-0.2, 0) is 9.59 Å². The van der Waals surface area contributed by atoms with Gasteiger partial charge in [0, 0.05) is 28.8 Å². The maximum atomic E-state index is 12.2. The van der Waals surface area contributed by atoms with Crippen LogP contribution in [0.5, 0.6) is 0 Å². The number of carbonyl (C=O) groups is 2. The molecule has 0 spiro atoms. The lowest BCUT2D eigenvalue weighted by molar-refractivity contribution is -0.128. The first-order chi connectivity index (χ1) is 11.5. The zero-order chi connectivity index (χ0) is 16.7. The summed E-state index contributed by atoms with van der Waals surface area (Å²) in [5, 5.41) is 0.592. The second-order valence-electron chi connectivity index (χ2n) is 9.42. The van der Waals surface area contributed by atoms with Crippen LogP contribution in [0.1, 0.15) is 58.8 Å². The Morgan fingerprint density at radius 2 is 2.04 bits per heavy atom. The third kappa shape index (κ3) is 1.80. The molecular weight excluding hydrogens is 316 g/mol. The van der Waals surface area contributed by atoms with Crippen LogP contribution < -0.4 is 0 Å². The van der Waals surface area contributed by atoms with Crippen molar-refractivity contribution in [1.82, 2.24) is 0 Å². The number of hydrogen-bond donors (Lipinski definition) is 0. The van der Waals surface area contributed by atoms with Gasteiger partial charge in [-0.1, -0.05) is 6.92 Å². The summed E-state index contributed by atoms with van der Waals surface area (Å²) in [7, 11) is 0. The number of thioether (sulfide) groups is 1. The highest BCUT2D eigenvalue weighted by Crippen LogP contribution is 2.70. The van der Waals surface area contributed by atoms with Crippen molar-refractivity contribution in [2.45, 2.75) is 64.0 Å². The average Bonchev–Trinajstić information content (AvgIpc) is 3.02. The maximum absolute atomic E-state index is 12.2. The molecule has 24 heavy (non-hydrogen) atoms.